The minimum atomic E-state index is -4.49. The van der Waals surface area contributed by atoms with Crippen LogP contribution in [0.5, 0.6) is 5.75 Å². The van der Waals surface area contributed by atoms with E-state index in [1.165, 1.54) is 11.6 Å². The number of pyridine rings is 1. The van der Waals surface area contributed by atoms with E-state index in [2.05, 4.69) is 46.6 Å². The van der Waals surface area contributed by atoms with Gasteiger partial charge in [0.2, 0.25) is 0 Å². The second kappa shape index (κ2) is 12.4. The SMILES string of the molecule is COc1cc(P(C)(C)=O)ccc1NCC#Cc1nn2c(NC3CCC(N(C)C)CC3)cccc2c1SC(F)(F)F. The average molecular weight is 594 g/mol. The zero-order valence-corrected chi connectivity index (χ0v) is 25.0. The number of anilines is 2. The summed E-state index contributed by atoms with van der Waals surface area (Å²) >= 11 is -0.200. The number of fused-ring (bicyclic) bond motifs is 1. The van der Waals surface area contributed by atoms with Gasteiger partial charge < -0.3 is 24.8 Å². The molecule has 12 heteroatoms. The van der Waals surface area contributed by atoms with E-state index in [9.17, 15) is 17.7 Å². The lowest BCUT2D eigenvalue weighted by atomic mass is 9.90. The second-order valence-electron chi connectivity index (χ2n) is 10.4. The summed E-state index contributed by atoms with van der Waals surface area (Å²) in [6, 6.07) is 11.2. The van der Waals surface area contributed by atoms with Crippen LogP contribution in [0.15, 0.2) is 41.3 Å². The maximum atomic E-state index is 13.5. The molecular formula is C28H35F3N5O2PS. The van der Waals surface area contributed by atoms with E-state index in [1.54, 1.807) is 43.7 Å². The predicted molar refractivity (Wildman–Crippen MR) is 158 cm³/mol. The Morgan fingerprint density at radius 3 is 2.52 bits per heavy atom. The second-order valence-corrected chi connectivity index (χ2v) is 14.7. The lowest BCUT2D eigenvalue weighted by Gasteiger charge is -2.33. The molecule has 1 fully saturated rings. The largest absolute Gasteiger partial charge is 0.495 e. The van der Waals surface area contributed by atoms with E-state index in [1.807, 2.05) is 6.07 Å². The molecule has 1 aliphatic rings. The zero-order valence-electron chi connectivity index (χ0n) is 23.3. The van der Waals surface area contributed by atoms with Crippen LogP contribution in [0.1, 0.15) is 31.4 Å². The molecule has 3 aromatic rings. The molecule has 0 amide bonds. The molecule has 0 aliphatic heterocycles. The van der Waals surface area contributed by atoms with Crippen LogP contribution in [0, 0.1) is 11.8 Å². The van der Waals surface area contributed by atoms with Crippen LogP contribution in [-0.4, -0.2) is 73.2 Å². The maximum absolute atomic E-state index is 13.5. The highest BCUT2D eigenvalue weighted by molar-refractivity contribution is 8.00. The molecule has 0 unspecified atom stereocenters. The van der Waals surface area contributed by atoms with Crippen molar-refractivity contribution in [2.24, 2.45) is 0 Å². The van der Waals surface area contributed by atoms with E-state index >= 15 is 0 Å². The first-order valence-corrected chi connectivity index (χ1v) is 16.4. The van der Waals surface area contributed by atoms with E-state index in [0.29, 0.717) is 34.1 Å². The van der Waals surface area contributed by atoms with Crippen LogP contribution in [0.3, 0.4) is 0 Å². The number of nitrogens with zero attached hydrogens (tertiary/aromatic N) is 3. The third-order valence-corrected chi connectivity index (χ3v) is 9.35. The molecule has 0 saturated heterocycles. The summed E-state index contributed by atoms with van der Waals surface area (Å²) in [4.78, 5) is 2.22. The topological polar surface area (TPSA) is 70.9 Å². The minimum Gasteiger partial charge on any atom is -0.495 e. The molecule has 2 heterocycles. The Hall–Kier alpha value is -2.80. The van der Waals surface area contributed by atoms with Crippen molar-refractivity contribution in [2.45, 2.75) is 48.2 Å². The molecule has 2 aromatic heterocycles. The van der Waals surface area contributed by atoms with Crippen LogP contribution in [-0.2, 0) is 4.57 Å². The van der Waals surface area contributed by atoms with Gasteiger partial charge in [-0.25, -0.2) is 4.52 Å². The van der Waals surface area contributed by atoms with Crippen LogP contribution in [0.4, 0.5) is 24.7 Å². The van der Waals surface area contributed by atoms with Crippen molar-refractivity contribution in [3.63, 3.8) is 0 Å². The molecule has 4 rings (SSSR count). The van der Waals surface area contributed by atoms with Gasteiger partial charge in [0.1, 0.15) is 24.4 Å². The number of alkyl halides is 3. The number of hydrogen-bond acceptors (Lipinski definition) is 7. The van der Waals surface area contributed by atoms with Crippen LogP contribution >= 0.6 is 18.9 Å². The van der Waals surface area contributed by atoms with Gasteiger partial charge in [-0.1, -0.05) is 12.0 Å². The fourth-order valence-electron chi connectivity index (χ4n) is 4.83. The number of aromatic nitrogens is 2. The number of hydrogen-bond donors (Lipinski definition) is 2. The monoisotopic (exact) mass is 593 g/mol. The summed E-state index contributed by atoms with van der Waals surface area (Å²) in [6.45, 7) is 3.51. The normalized spacial score (nSPS) is 17.9. The summed E-state index contributed by atoms with van der Waals surface area (Å²) < 4.78 is 59.9. The Balaban J connectivity index is 1.57. The quantitative estimate of drug-likeness (QED) is 0.190. The summed E-state index contributed by atoms with van der Waals surface area (Å²) in [6.07, 6.45) is 4.06. The molecule has 1 aliphatic carbocycles. The minimum absolute atomic E-state index is 0.0245. The number of methoxy groups -OCH3 is 1. The molecular weight excluding hydrogens is 558 g/mol. The van der Waals surface area contributed by atoms with Crippen molar-refractivity contribution in [3.8, 4) is 17.6 Å². The molecule has 1 aromatic carbocycles. The molecule has 0 radical (unpaired) electrons. The highest BCUT2D eigenvalue weighted by Gasteiger charge is 2.33. The standard InChI is InChI=1S/C28H35F3N5O2PS/c1-35(2)20-13-11-19(12-14-20)33-26-10-6-9-24-27(40-28(29,30)31)23(34-36(24)26)8-7-17-32-22-16-15-21(39(4,5)37)18-25(22)38-3/h6,9-10,15-16,18-20,32-33H,11-14,17H2,1-5H3. The summed E-state index contributed by atoms with van der Waals surface area (Å²) in [5, 5.41) is 11.8. The Morgan fingerprint density at radius 1 is 1.18 bits per heavy atom. The first-order valence-electron chi connectivity index (χ1n) is 13.0. The van der Waals surface area contributed by atoms with E-state index in [-0.39, 0.29) is 34.9 Å². The molecule has 0 spiro atoms. The van der Waals surface area contributed by atoms with Gasteiger partial charge in [-0.05, 0) is 101 Å². The average Bonchev–Trinajstić information content (AvgIpc) is 3.23. The van der Waals surface area contributed by atoms with Gasteiger partial charge in [-0.3, -0.25) is 0 Å². The van der Waals surface area contributed by atoms with E-state index in [0.717, 1.165) is 25.7 Å². The van der Waals surface area contributed by atoms with Gasteiger partial charge in [0.25, 0.3) is 0 Å². The lowest BCUT2D eigenvalue weighted by molar-refractivity contribution is -0.0327. The Labute approximate surface area is 237 Å². The lowest BCUT2D eigenvalue weighted by Crippen LogP contribution is -2.36. The molecule has 1 saturated carbocycles. The maximum Gasteiger partial charge on any atom is 0.446 e. The van der Waals surface area contributed by atoms with Gasteiger partial charge >= 0.3 is 5.51 Å². The summed E-state index contributed by atoms with van der Waals surface area (Å²) in [5.41, 5.74) is -3.43. The first kappa shape index (κ1) is 30.2. The van der Waals surface area contributed by atoms with Crippen LogP contribution < -0.4 is 20.7 Å². The number of rotatable bonds is 8. The van der Waals surface area contributed by atoms with Crippen molar-refractivity contribution in [3.05, 3.63) is 42.1 Å². The highest BCUT2D eigenvalue weighted by atomic mass is 32.2. The number of ether oxygens (including phenoxy) is 1. The predicted octanol–water partition coefficient (Wildman–Crippen LogP) is 5.95. The van der Waals surface area contributed by atoms with Crippen molar-refractivity contribution in [1.82, 2.24) is 14.5 Å². The molecule has 7 nitrogen and oxygen atoms in total. The van der Waals surface area contributed by atoms with Crippen molar-refractivity contribution < 1.29 is 22.5 Å². The Kier molecular flexibility index (Phi) is 9.33. The highest BCUT2D eigenvalue weighted by Crippen LogP contribution is 2.41. The number of benzene rings is 1. The van der Waals surface area contributed by atoms with Gasteiger partial charge in [0, 0.05) is 17.4 Å². The summed E-state index contributed by atoms with van der Waals surface area (Å²) in [7, 11) is 3.23. The zero-order chi connectivity index (χ0) is 29.1. The first-order chi connectivity index (χ1) is 18.9. The summed E-state index contributed by atoms with van der Waals surface area (Å²) in [5.74, 6) is 6.89. The smallest absolute Gasteiger partial charge is 0.446 e. The van der Waals surface area contributed by atoms with E-state index < -0.39 is 12.7 Å². The molecule has 2 N–H and O–H groups in total. The van der Waals surface area contributed by atoms with Crippen molar-refractivity contribution >= 4 is 41.2 Å². The molecule has 40 heavy (non-hydrogen) atoms. The third kappa shape index (κ3) is 7.48. The number of thioether (sulfide) groups is 1. The van der Waals surface area contributed by atoms with Gasteiger partial charge in [-0.15, -0.1) is 0 Å². The van der Waals surface area contributed by atoms with Crippen LogP contribution in [0.25, 0.3) is 5.52 Å². The molecule has 216 valence electrons. The Bertz CT molecular complexity index is 1450. The number of halogens is 3. The third-order valence-electron chi connectivity index (χ3n) is 6.99. The van der Waals surface area contributed by atoms with Crippen molar-refractivity contribution in [2.75, 3.05) is 51.7 Å². The van der Waals surface area contributed by atoms with Crippen molar-refractivity contribution in [1.29, 1.82) is 0 Å². The number of nitrogens with one attached hydrogen (secondary N) is 2. The van der Waals surface area contributed by atoms with Gasteiger partial charge in [0.15, 0.2) is 0 Å². The fourth-order valence-corrected chi connectivity index (χ4v) is 6.37. The fraction of sp³-hybridized carbons (Fsp3) is 0.464. The molecule has 0 atom stereocenters. The Morgan fingerprint density at radius 2 is 1.90 bits per heavy atom. The van der Waals surface area contributed by atoms with E-state index in [4.69, 9.17) is 4.74 Å². The van der Waals surface area contributed by atoms with Crippen LogP contribution in [0.2, 0.25) is 0 Å². The molecule has 0 bridgehead atoms. The van der Waals surface area contributed by atoms with Gasteiger partial charge in [-0.2, -0.15) is 18.3 Å². The van der Waals surface area contributed by atoms with Gasteiger partial charge in [0.05, 0.1) is 29.8 Å².